The third-order valence-corrected chi connectivity index (χ3v) is 3.85. The van der Waals surface area contributed by atoms with Gasteiger partial charge >= 0.3 is 0 Å². The van der Waals surface area contributed by atoms with Gasteiger partial charge in [-0.1, -0.05) is 0 Å². The molecule has 1 unspecified atom stereocenters. The molecular weight excluding hydrogens is 425 g/mol. The second kappa shape index (κ2) is 9.50. The molecule has 2 rings (SSSR count). The summed E-state index contributed by atoms with van der Waals surface area (Å²) in [6.45, 7) is 2.02. The molecule has 1 atom stereocenters. The van der Waals surface area contributed by atoms with Crippen molar-refractivity contribution in [1.82, 2.24) is 10.2 Å². The minimum absolute atomic E-state index is 0. The van der Waals surface area contributed by atoms with Crippen LogP contribution in [0.1, 0.15) is 35.6 Å². The lowest BCUT2D eigenvalue weighted by Crippen LogP contribution is -2.46. The van der Waals surface area contributed by atoms with Crippen LogP contribution in [0.4, 0.5) is 0 Å². The third-order valence-electron chi connectivity index (χ3n) is 3.85. The lowest BCUT2D eigenvalue weighted by Gasteiger charge is -2.34. The number of furan rings is 1. The fourth-order valence-electron chi connectivity index (χ4n) is 2.81. The molecule has 2 amide bonds. The highest BCUT2D eigenvalue weighted by atomic mass is 127. The summed E-state index contributed by atoms with van der Waals surface area (Å²) in [5, 5.41) is 3.20. The number of halogens is 1. The smallest absolute Gasteiger partial charge is 0.284 e. The summed E-state index contributed by atoms with van der Waals surface area (Å²) in [5.74, 6) is 0.864. The van der Waals surface area contributed by atoms with Gasteiger partial charge < -0.3 is 26.1 Å². The zero-order valence-electron chi connectivity index (χ0n) is 13.7. The second-order valence-corrected chi connectivity index (χ2v) is 5.66. The molecule has 1 aromatic rings. The van der Waals surface area contributed by atoms with Crippen LogP contribution >= 0.6 is 24.0 Å². The molecule has 0 bridgehead atoms. The first-order chi connectivity index (χ1) is 11.0. The van der Waals surface area contributed by atoms with Gasteiger partial charge in [0.25, 0.3) is 5.91 Å². The minimum atomic E-state index is -0.592. The molecule has 1 fully saturated rings. The zero-order valence-corrected chi connectivity index (χ0v) is 16.0. The van der Waals surface area contributed by atoms with Crippen molar-refractivity contribution in [3.63, 3.8) is 0 Å². The summed E-state index contributed by atoms with van der Waals surface area (Å²) in [5.41, 5.74) is 10.4. The van der Waals surface area contributed by atoms with Crippen LogP contribution in [0.25, 0.3) is 0 Å². The number of nitrogens with one attached hydrogen (secondary N) is 1. The van der Waals surface area contributed by atoms with Crippen LogP contribution in [0.5, 0.6) is 0 Å². The van der Waals surface area contributed by atoms with Crippen LogP contribution in [0, 0.1) is 5.92 Å². The molecule has 1 saturated heterocycles. The Bertz CT molecular complexity index is 602. The Morgan fingerprint density at radius 3 is 2.75 bits per heavy atom. The normalized spacial score (nSPS) is 18.0. The van der Waals surface area contributed by atoms with E-state index in [0.717, 1.165) is 31.9 Å². The van der Waals surface area contributed by atoms with Gasteiger partial charge in [-0.2, -0.15) is 0 Å². The second-order valence-electron chi connectivity index (χ2n) is 5.66. The summed E-state index contributed by atoms with van der Waals surface area (Å²) in [6, 6.07) is 3.25. The highest BCUT2D eigenvalue weighted by Gasteiger charge is 2.23. The van der Waals surface area contributed by atoms with Crippen molar-refractivity contribution < 1.29 is 14.0 Å². The van der Waals surface area contributed by atoms with Crippen LogP contribution in [0.15, 0.2) is 21.5 Å². The van der Waals surface area contributed by atoms with Gasteiger partial charge in [-0.3, -0.25) is 14.6 Å². The predicted molar refractivity (Wildman–Crippen MR) is 101 cm³/mol. The molecule has 0 spiro atoms. The Labute approximate surface area is 158 Å². The van der Waals surface area contributed by atoms with E-state index in [2.05, 4.69) is 15.2 Å². The van der Waals surface area contributed by atoms with Crippen LogP contribution in [0.3, 0.4) is 0 Å². The van der Waals surface area contributed by atoms with Crippen molar-refractivity contribution in [3.05, 3.63) is 23.7 Å². The standard InChI is InChI=1S/C15H23N5O3.HI/c1-18-15(19-8-11-4-5-12(23-11)14(17)22)20-6-2-3-10(9-20)7-13(16)21;/h4-5,10H,2-3,6-9H2,1H3,(H2,16,21)(H2,17,22)(H,18,19);1H. The monoisotopic (exact) mass is 449 g/mol. The van der Waals surface area contributed by atoms with E-state index in [0.29, 0.717) is 18.7 Å². The zero-order chi connectivity index (χ0) is 16.8. The van der Waals surface area contributed by atoms with Gasteiger partial charge in [0.1, 0.15) is 5.76 Å². The van der Waals surface area contributed by atoms with E-state index in [1.165, 1.54) is 0 Å². The topological polar surface area (TPSA) is 127 Å². The van der Waals surface area contributed by atoms with Gasteiger partial charge in [-0.05, 0) is 30.9 Å². The molecule has 0 radical (unpaired) electrons. The molecule has 134 valence electrons. The molecule has 0 aromatic carbocycles. The van der Waals surface area contributed by atoms with E-state index in [1.54, 1.807) is 19.2 Å². The Hall–Kier alpha value is -1.78. The van der Waals surface area contributed by atoms with Gasteiger partial charge in [0.15, 0.2) is 11.7 Å². The van der Waals surface area contributed by atoms with Gasteiger partial charge in [0, 0.05) is 26.6 Å². The summed E-state index contributed by atoms with van der Waals surface area (Å²) < 4.78 is 5.33. The maximum atomic E-state index is 11.1. The van der Waals surface area contributed by atoms with Crippen LogP contribution in [0.2, 0.25) is 0 Å². The average Bonchev–Trinajstić information content (AvgIpc) is 2.97. The molecule has 2 heterocycles. The quantitative estimate of drug-likeness (QED) is 0.346. The predicted octanol–water partition coefficient (Wildman–Crippen LogP) is 0.659. The van der Waals surface area contributed by atoms with Crippen LogP contribution < -0.4 is 16.8 Å². The summed E-state index contributed by atoms with van der Waals surface area (Å²) in [4.78, 5) is 28.5. The number of primary amides is 2. The average molecular weight is 449 g/mol. The molecule has 24 heavy (non-hydrogen) atoms. The van der Waals surface area contributed by atoms with Crippen molar-refractivity contribution in [1.29, 1.82) is 0 Å². The maximum Gasteiger partial charge on any atom is 0.284 e. The van der Waals surface area contributed by atoms with E-state index in [1.807, 2.05) is 0 Å². The molecule has 0 aliphatic carbocycles. The number of carbonyl (C=O) groups is 2. The summed E-state index contributed by atoms with van der Waals surface area (Å²) in [7, 11) is 1.71. The highest BCUT2D eigenvalue weighted by Crippen LogP contribution is 2.19. The van der Waals surface area contributed by atoms with Crippen molar-refractivity contribution in [2.45, 2.75) is 25.8 Å². The van der Waals surface area contributed by atoms with Crippen molar-refractivity contribution in [2.75, 3.05) is 20.1 Å². The first kappa shape index (κ1) is 20.3. The number of guanidine groups is 1. The molecule has 1 aliphatic heterocycles. The SMILES string of the molecule is CN=C(NCc1ccc(C(N)=O)o1)N1CCCC(CC(N)=O)C1.I. The molecule has 1 aliphatic rings. The number of hydrogen-bond donors (Lipinski definition) is 3. The van der Waals surface area contributed by atoms with E-state index in [4.69, 9.17) is 15.9 Å². The number of rotatable bonds is 5. The molecule has 5 N–H and O–H groups in total. The highest BCUT2D eigenvalue weighted by molar-refractivity contribution is 14.0. The number of piperidine rings is 1. The molecular formula is C15H24IN5O3. The summed E-state index contributed by atoms with van der Waals surface area (Å²) >= 11 is 0. The molecule has 0 saturated carbocycles. The number of hydrogen-bond acceptors (Lipinski definition) is 4. The van der Waals surface area contributed by atoms with Gasteiger partial charge in [0.2, 0.25) is 5.91 Å². The lowest BCUT2D eigenvalue weighted by atomic mass is 9.95. The van der Waals surface area contributed by atoms with Crippen LogP contribution in [-0.2, 0) is 11.3 Å². The Morgan fingerprint density at radius 1 is 1.42 bits per heavy atom. The fourth-order valence-corrected chi connectivity index (χ4v) is 2.81. The number of nitrogens with two attached hydrogens (primary N) is 2. The van der Waals surface area contributed by atoms with Crippen molar-refractivity contribution in [3.8, 4) is 0 Å². The van der Waals surface area contributed by atoms with Crippen molar-refractivity contribution >= 4 is 41.8 Å². The number of aliphatic imine (C=N–C) groups is 1. The minimum Gasteiger partial charge on any atom is -0.454 e. The number of nitrogens with zero attached hydrogens (tertiary/aromatic N) is 2. The maximum absolute atomic E-state index is 11.1. The van der Waals surface area contributed by atoms with E-state index < -0.39 is 5.91 Å². The van der Waals surface area contributed by atoms with Gasteiger partial charge in [-0.25, -0.2) is 0 Å². The number of likely N-dealkylation sites (tertiary alicyclic amines) is 1. The summed E-state index contributed by atoms with van der Waals surface area (Å²) in [6.07, 6.45) is 2.38. The van der Waals surface area contributed by atoms with E-state index >= 15 is 0 Å². The Balaban J connectivity index is 0.00000288. The first-order valence-corrected chi connectivity index (χ1v) is 7.62. The van der Waals surface area contributed by atoms with Gasteiger partial charge in [-0.15, -0.1) is 24.0 Å². The van der Waals surface area contributed by atoms with Gasteiger partial charge in [0.05, 0.1) is 6.54 Å². The lowest BCUT2D eigenvalue weighted by molar-refractivity contribution is -0.119. The van der Waals surface area contributed by atoms with E-state index in [-0.39, 0.29) is 41.6 Å². The fraction of sp³-hybridized carbons (Fsp3) is 0.533. The van der Waals surface area contributed by atoms with Crippen molar-refractivity contribution in [2.24, 2.45) is 22.4 Å². The largest absolute Gasteiger partial charge is 0.454 e. The van der Waals surface area contributed by atoms with Crippen LogP contribution in [-0.4, -0.2) is 42.8 Å². The third kappa shape index (κ3) is 5.69. The first-order valence-electron chi connectivity index (χ1n) is 7.62. The van der Waals surface area contributed by atoms with E-state index in [9.17, 15) is 9.59 Å². The Kier molecular flexibility index (Phi) is 8.02. The molecule has 9 heteroatoms. The number of amides is 2. The molecule has 8 nitrogen and oxygen atoms in total. The number of carbonyl (C=O) groups excluding carboxylic acids is 2. The molecule has 1 aromatic heterocycles. The Morgan fingerprint density at radius 2 is 2.17 bits per heavy atom.